The lowest BCUT2D eigenvalue weighted by atomic mass is 10.2. The van der Waals surface area contributed by atoms with Crippen molar-refractivity contribution in [3.8, 4) is 18.1 Å². The van der Waals surface area contributed by atoms with Crippen LogP contribution in [0, 0.1) is 12.3 Å². The molecule has 4 nitrogen and oxygen atoms in total. The molecule has 106 valence electrons. The Bertz CT molecular complexity index is 571. The Morgan fingerprint density at radius 1 is 1.55 bits per heavy atom. The van der Waals surface area contributed by atoms with Gasteiger partial charge in [0.15, 0.2) is 11.9 Å². The Morgan fingerprint density at radius 3 is 2.85 bits per heavy atom. The minimum absolute atomic E-state index is 0.273. The Kier molecular flexibility index (Phi) is 3.96. The van der Waals surface area contributed by atoms with Gasteiger partial charge in [-0.3, -0.25) is 4.90 Å². The van der Waals surface area contributed by atoms with E-state index in [-0.39, 0.29) is 6.54 Å². The number of para-hydroxylation sites is 1. The Hall–Kier alpha value is -1.67. The quantitative estimate of drug-likeness (QED) is 0.679. The second-order valence-corrected chi connectivity index (χ2v) is 6.31. The van der Waals surface area contributed by atoms with E-state index in [9.17, 15) is 4.79 Å². The predicted octanol–water partition coefficient (Wildman–Crippen LogP) is 3.58. The first kappa shape index (κ1) is 14.7. The van der Waals surface area contributed by atoms with Crippen LogP contribution in [0.15, 0.2) is 22.7 Å². The number of hydrogen-bond donors (Lipinski definition) is 0. The van der Waals surface area contributed by atoms with Crippen LogP contribution in [0.25, 0.3) is 0 Å². The third-order valence-corrected chi connectivity index (χ3v) is 3.27. The average molecular weight is 338 g/mol. The number of fused-ring (bicyclic) bond motifs is 1. The molecule has 1 unspecified atom stereocenters. The lowest BCUT2D eigenvalue weighted by Crippen LogP contribution is -2.45. The summed E-state index contributed by atoms with van der Waals surface area (Å²) in [7, 11) is 0. The highest BCUT2D eigenvalue weighted by molar-refractivity contribution is 9.10. The molecule has 0 saturated heterocycles. The number of amides is 1. The molecule has 1 aliphatic heterocycles. The van der Waals surface area contributed by atoms with Crippen molar-refractivity contribution in [1.82, 2.24) is 0 Å². The van der Waals surface area contributed by atoms with Crippen LogP contribution in [-0.2, 0) is 4.74 Å². The van der Waals surface area contributed by atoms with E-state index in [0.717, 1.165) is 4.47 Å². The number of carbonyl (C=O) groups is 1. The number of terminal acetylenes is 1. The van der Waals surface area contributed by atoms with E-state index < -0.39 is 17.8 Å². The molecule has 0 bridgehead atoms. The van der Waals surface area contributed by atoms with Gasteiger partial charge < -0.3 is 9.47 Å². The van der Waals surface area contributed by atoms with Gasteiger partial charge in [0.2, 0.25) is 0 Å². The highest BCUT2D eigenvalue weighted by atomic mass is 79.9. The summed E-state index contributed by atoms with van der Waals surface area (Å²) < 4.78 is 11.9. The molecule has 1 heterocycles. The maximum absolute atomic E-state index is 12.3. The molecule has 5 heteroatoms. The number of benzene rings is 1. The fourth-order valence-electron chi connectivity index (χ4n) is 1.85. The molecule has 0 spiro atoms. The molecule has 2 rings (SSSR count). The monoisotopic (exact) mass is 337 g/mol. The molecule has 0 aromatic heterocycles. The van der Waals surface area contributed by atoms with Gasteiger partial charge in [0.05, 0.1) is 16.7 Å². The summed E-state index contributed by atoms with van der Waals surface area (Å²) in [5.74, 6) is 3.09. The van der Waals surface area contributed by atoms with Crippen LogP contribution in [0.2, 0.25) is 0 Å². The SMILES string of the molecule is C#CC1CN(C(=O)OC(C)(C)C)c2cccc(Br)c2O1. The molecule has 0 aliphatic carbocycles. The van der Waals surface area contributed by atoms with Crippen molar-refractivity contribution >= 4 is 27.7 Å². The molecule has 1 aromatic rings. The van der Waals surface area contributed by atoms with Gasteiger partial charge >= 0.3 is 6.09 Å². The van der Waals surface area contributed by atoms with E-state index in [1.165, 1.54) is 4.90 Å². The fraction of sp³-hybridized carbons (Fsp3) is 0.400. The number of carbonyl (C=O) groups excluding carboxylic acids is 1. The summed E-state index contributed by atoms with van der Waals surface area (Å²) in [5.41, 5.74) is 0.0906. The zero-order valence-electron chi connectivity index (χ0n) is 11.6. The van der Waals surface area contributed by atoms with Crippen LogP contribution in [0.4, 0.5) is 10.5 Å². The minimum Gasteiger partial charge on any atom is -0.472 e. The highest BCUT2D eigenvalue weighted by Gasteiger charge is 2.32. The molecule has 1 atom stereocenters. The largest absolute Gasteiger partial charge is 0.472 e. The predicted molar refractivity (Wildman–Crippen MR) is 81.0 cm³/mol. The van der Waals surface area contributed by atoms with Gasteiger partial charge in [-0.25, -0.2) is 4.79 Å². The van der Waals surface area contributed by atoms with Crippen LogP contribution in [0.3, 0.4) is 0 Å². The van der Waals surface area contributed by atoms with Crippen molar-refractivity contribution < 1.29 is 14.3 Å². The number of ether oxygens (including phenoxy) is 2. The van der Waals surface area contributed by atoms with Gasteiger partial charge in [-0.2, -0.15) is 0 Å². The molecule has 20 heavy (non-hydrogen) atoms. The minimum atomic E-state index is -0.562. The summed E-state index contributed by atoms with van der Waals surface area (Å²) in [6, 6.07) is 5.47. The molecule has 0 N–H and O–H groups in total. The first-order valence-electron chi connectivity index (χ1n) is 6.23. The smallest absolute Gasteiger partial charge is 0.415 e. The first-order valence-corrected chi connectivity index (χ1v) is 7.03. The molecule has 1 aliphatic rings. The maximum atomic E-state index is 12.3. The zero-order chi connectivity index (χ0) is 14.9. The Labute approximate surface area is 127 Å². The van der Waals surface area contributed by atoms with Gasteiger partial charge in [0.1, 0.15) is 5.60 Å². The van der Waals surface area contributed by atoms with Crippen molar-refractivity contribution in [3.63, 3.8) is 0 Å². The van der Waals surface area contributed by atoms with E-state index in [0.29, 0.717) is 11.4 Å². The number of halogens is 1. The maximum Gasteiger partial charge on any atom is 0.415 e. The lowest BCUT2D eigenvalue weighted by molar-refractivity contribution is 0.0559. The van der Waals surface area contributed by atoms with Crippen molar-refractivity contribution in [2.75, 3.05) is 11.4 Å². The van der Waals surface area contributed by atoms with Crippen molar-refractivity contribution in [3.05, 3.63) is 22.7 Å². The number of anilines is 1. The van der Waals surface area contributed by atoms with Crippen LogP contribution < -0.4 is 9.64 Å². The van der Waals surface area contributed by atoms with Gasteiger partial charge in [0.25, 0.3) is 0 Å². The van der Waals surface area contributed by atoms with Crippen LogP contribution in [0.5, 0.6) is 5.75 Å². The van der Waals surface area contributed by atoms with Crippen molar-refractivity contribution in [1.29, 1.82) is 0 Å². The Balaban J connectivity index is 2.37. The molecule has 1 amide bonds. The number of hydrogen-bond acceptors (Lipinski definition) is 3. The highest BCUT2D eigenvalue weighted by Crippen LogP contribution is 2.39. The molecule has 1 aromatic carbocycles. The molecule has 0 saturated carbocycles. The van der Waals surface area contributed by atoms with Gasteiger partial charge in [-0.05, 0) is 48.8 Å². The van der Waals surface area contributed by atoms with Gasteiger partial charge in [-0.1, -0.05) is 12.0 Å². The first-order chi connectivity index (χ1) is 9.31. The molecule has 0 fully saturated rings. The van der Waals surface area contributed by atoms with E-state index >= 15 is 0 Å². The van der Waals surface area contributed by atoms with Gasteiger partial charge in [0, 0.05) is 0 Å². The zero-order valence-corrected chi connectivity index (χ0v) is 13.2. The average Bonchev–Trinajstić information content (AvgIpc) is 2.36. The second kappa shape index (κ2) is 5.37. The lowest BCUT2D eigenvalue weighted by Gasteiger charge is -2.34. The molecule has 0 radical (unpaired) electrons. The second-order valence-electron chi connectivity index (χ2n) is 5.45. The normalized spacial score (nSPS) is 17.8. The van der Waals surface area contributed by atoms with Crippen molar-refractivity contribution in [2.24, 2.45) is 0 Å². The van der Waals surface area contributed by atoms with Crippen molar-refractivity contribution in [2.45, 2.75) is 32.5 Å². The Morgan fingerprint density at radius 2 is 2.25 bits per heavy atom. The third-order valence-electron chi connectivity index (χ3n) is 2.65. The van der Waals surface area contributed by atoms with Crippen LogP contribution in [-0.4, -0.2) is 24.3 Å². The topological polar surface area (TPSA) is 38.8 Å². The third kappa shape index (κ3) is 3.07. The summed E-state index contributed by atoms with van der Waals surface area (Å²) >= 11 is 3.40. The molecular formula is C15H16BrNO3. The summed E-state index contributed by atoms with van der Waals surface area (Å²) in [5, 5.41) is 0. The van der Waals surface area contributed by atoms with E-state index in [2.05, 4.69) is 21.9 Å². The van der Waals surface area contributed by atoms with E-state index in [1.807, 2.05) is 32.9 Å². The van der Waals surface area contributed by atoms with Crippen LogP contribution in [0.1, 0.15) is 20.8 Å². The van der Waals surface area contributed by atoms with E-state index in [4.69, 9.17) is 15.9 Å². The van der Waals surface area contributed by atoms with Crippen LogP contribution >= 0.6 is 15.9 Å². The number of rotatable bonds is 0. The standard InChI is InChI=1S/C15H16BrNO3/c1-5-10-9-17(14(18)20-15(2,3)4)12-8-6-7-11(16)13(12)19-10/h1,6-8,10H,9H2,2-4H3. The van der Waals surface area contributed by atoms with Gasteiger partial charge in [-0.15, -0.1) is 6.42 Å². The summed E-state index contributed by atoms with van der Waals surface area (Å²) in [4.78, 5) is 13.8. The number of nitrogens with zero attached hydrogens (tertiary/aromatic N) is 1. The summed E-state index contributed by atoms with van der Waals surface area (Å²) in [6.07, 6.45) is 4.51. The van der Waals surface area contributed by atoms with E-state index in [1.54, 1.807) is 6.07 Å². The fourth-order valence-corrected chi connectivity index (χ4v) is 2.30. The molecular weight excluding hydrogens is 322 g/mol. The summed E-state index contributed by atoms with van der Waals surface area (Å²) in [6.45, 7) is 5.75.